The molecule has 0 fully saturated rings. The van der Waals surface area contributed by atoms with Crippen molar-refractivity contribution in [1.29, 1.82) is 0 Å². The van der Waals surface area contributed by atoms with Gasteiger partial charge in [0.15, 0.2) is 6.39 Å². The maximum absolute atomic E-state index is 12.7. The summed E-state index contributed by atoms with van der Waals surface area (Å²) in [5, 5.41) is 7.35. The number of aromatic nitrogens is 3. The highest BCUT2D eigenvalue weighted by Crippen LogP contribution is 2.19. The van der Waals surface area contributed by atoms with Crippen LogP contribution in [0.5, 0.6) is 0 Å². The zero-order chi connectivity index (χ0) is 17.1. The van der Waals surface area contributed by atoms with Gasteiger partial charge in [0, 0.05) is 11.6 Å². The normalized spacial score (nSPS) is 11.0. The number of amides is 1. The number of benzene rings is 1. The molecule has 0 bridgehead atoms. The van der Waals surface area contributed by atoms with Gasteiger partial charge in [-0.3, -0.25) is 9.89 Å². The first-order valence-electron chi connectivity index (χ1n) is 7.87. The van der Waals surface area contributed by atoms with Crippen LogP contribution in [0.15, 0.2) is 47.2 Å². The van der Waals surface area contributed by atoms with E-state index in [2.05, 4.69) is 15.2 Å². The highest BCUT2D eigenvalue weighted by molar-refractivity contribution is 5.92. The van der Waals surface area contributed by atoms with Crippen molar-refractivity contribution in [2.75, 3.05) is 0 Å². The van der Waals surface area contributed by atoms with E-state index in [9.17, 15) is 4.79 Å². The second-order valence-electron chi connectivity index (χ2n) is 5.94. The molecular formula is C18H20N4O2. The molecule has 3 rings (SSSR count). The molecule has 3 aromatic rings. The van der Waals surface area contributed by atoms with E-state index in [1.807, 2.05) is 50.2 Å². The fourth-order valence-corrected chi connectivity index (χ4v) is 2.51. The molecule has 6 nitrogen and oxygen atoms in total. The van der Waals surface area contributed by atoms with Crippen LogP contribution in [0.3, 0.4) is 0 Å². The maximum Gasteiger partial charge on any atom is 0.292 e. The van der Waals surface area contributed by atoms with E-state index in [-0.39, 0.29) is 17.7 Å². The molecule has 0 saturated carbocycles. The van der Waals surface area contributed by atoms with Crippen LogP contribution in [0.4, 0.5) is 0 Å². The molecule has 0 aliphatic rings. The Hall–Kier alpha value is -2.89. The fraction of sp³-hybridized carbons (Fsp3) is 0.278. The molecule has 1 N–H and O–H groups in total. The van der Waals surface area contributed by atoms with Gasteiger partial charge in [0.05, 0.1) is 23.6 Å². The standard InChI is InChI=1S/C18H20N4O2/c1-12(2)22(18(23)17-13(3)19-11-24-17)10-15-9-16(21-20-15)14-7-5-4-6-8-14/h4-9,11-12H,10H2,1-3H3,(H,20,21). The summed E-state index contributed by atoms with van der Waals surface area (Å²) >= 11 is 0. The van der Waals surface area contributed by atoms with E-state index < -0.39 is 0 Å². The van der Waals surface area contributed by atoms with Crippen molar-refractivity contribution in [2.45, 2.75) is 33.4 Å². The van der Waals surface area contributed by atoms with Gasteiger partial charge in [0.1, 0.15) is 0 Å². The maximum atomic E-state index is 12.7. The van der Waals surface area contributed by atoms with Crippen molar-refractivity contribution in [3.63, 3.8) is 0 Å². The van der Waals surface area contributed by atoms with Crippen LogP contribution in [0.2, 0.25) is 0 Å². The number of hydrogen-bond donors (Lipinski definition) is 1. The monoisotopic (exact) mass is 324 g/mol. The number of carbonyl (C=O) groups excluding carboxylic acids is 1. The van der Waals surface area contributed by atoms with Gasteiger partial charge in [-0.25, -0.2) is 4.98 Å². The zero-order valence-electron chi connectivity index (χ0n) is 14.0. The van der Waals surface area contributed by atoms with E-state index in [0.29, 0.717) is 12.2 Å². The number of nitrogens with zero attached hydrogens (tertiary/aromatic N) is 3. The van der Waals surface area contributed by atoms with Gasteiger partial charge in [0.2, 0.25) is 5.76 Å². The van der Waals surface area contributed by atoms with E-state index in [0.717, 1.165) is 17.0 Å². The first-order valence-corrected chi connectivity index (χ1v) is 7.87. The molecule has 1 aromatic carbocycles. The molecule has 0 unspecified atom stereocenters. The Bertz CT molecular complexity index is 820. The first kappa shape index (κ1) is 16.0. The Kier molecular flexibility index (Phi) is 4.46. The summed E-state index contributed by atoms with van der Waals surface area (Å²) < 4.78 is 5.24. The molecule has 0 aliphatic carbocycles. The number of aromatic amines is 1. The smallest absolute Gasteiger partial charge is 0.292 e. The largest absolute Gasteiger partial charge is 0.438 e. The SMILES string of the molecule is Cc1ncoc1C(=O)N(Cc1cc(-c2ccccc2)n[nH]1)C(C)C. The molecule has 0 saturated heterocycles. The number of rotatable bonds is 5. The van der Waals surface area contributed by atoms with Crippen LogP contribution in [0.25, 0.3) is 11.3 Å². The third-order valence-corrected chi connectivity index (χ3v) is 3.87. The lowest BCUT2D eigenvalue weighted by Gasteiger charge is -2.25. The van der Waals surface area contributed by atoms with Crippen molar-refractivity contribution >= 4 is 5.91 Å². The summed E-state index contributed by atoms with van der Waals surface area (Å²) in [5.74, 6) is 0.113. The third-order valence-electron chi connectivity index (χ3n) is 3.87. The molecule has 1 amide bonds. The van der Waals surface area contributed by atoms with Gasteiger partial charge in [-0.2, -0.15) is 5.10 Å². The number of H-pyrrole nitrogens is 1. The molecule has 0 radical (unpaired) electrons. The van der Waals surface area contributed by atoms with Crippen molar-refractivity contribution < 1.29 is 9.21 Å². The minimum Gasteiger partial charge on any atom is -0.438 e. The summed E-state index contributed by atoms with van der Waals surface area (Å²) in [6.07, 6.45) is 1.30. The van der Waals surface area contributed by atoms with Crippen molar-refractivity contribution in [3.8, 4) is 11.3 Å². The Morgan fingerprint density at radius 2 is 2.04 bits per heavy atom. The number of carbonyl (C=O) groups is 1. The van der Waals surface area contributed by atoms with Crippen LogP contribution in [0.1, 0.15) is 35.8 Å². The third kappa shape index (κ3) is 3.22. The molecule has 0 atom stereocenters. The lowest BCUT2D eigenvalue weighted by Crippen LogP contribution is -2.36. The molecule has 124 valence electrons. The minimum absolute atomic E-state index is 0.0190. The highest BCUT2D eigenvalue weighted by Gasteiger charge is 2.24. The molecule has 24 heavy (non-hydrogen) atoms. The van der Waals surface area contributed by atoms with Gasteiger partial charge in [-0.15, -0.1) is 0 Å². The summed E-state index contributed by atoms with van der Waals surface area (Å²) in [4.78, 5) is 18.4. The van der Waals surface area contributed by atoms with E-state index in [1.165, 1.54) is 6.39 Å². The Balaban J connectivity index is 1.81. The highest BCUT2D eigenvalue weighted by atomic mass is 16.3. The Labute approximate surface area is 140 Å². The Morgan fingerprint density at radius 1 is 1.29 bits per heavy atom. The topological polar surface area (TPSA) is 75.0 Å². The summed E-state index contributed by atoms with van der Waals surface area (Å²) in [6.45, 7) is 6.13. The molecular weight excluding hydrogens is 304 g/mol. The molecule has 0 aliphatic heterocycles. The predicted octanol–water partition coefficient (Wildman–Crippen LogP) is 3.42. The quantitative estimate of drug-likeness (QED) is 0.780. The van der Waals surface area contributed by atoms with E-state index >= 15 is 0 Å². The van der Waals surface area contributed by atoms with Crippen molar-refractivity contribution in [3.05, 3.63) is 59.9 Å². The summed E-state index contributed by atoms with van der Waals surface area (Å²) in [7, 11) is 0. The van der Waals surface area contributed by atoms with Gasteiger partial charge >= 0.3 is 0 Å². The molecule has 2 heterocycles. The van der Waals surface area contributed by atoms with Gasteiger partial charge in [-0.05, 0) is 26.8 Å². The average Bonchev–Trinajstić information content (AvgIpc) is 3.21. The van der Waals surface area contributed by atoms with Gasteiger partial charge < -0.3 is 9.32 Å². The van der Waals surface area contributed by atoms with E-state index in [4.69, 9.17) is 4.42 Å². The molecule has 2 aromatic heterocycles. The van der Waals surface area contributed by atoms with E-state index in [1.54, 1.807) is 11.8 Å². The molecule has 0 spiro atoms. The summed E-state index contributed by atoms with van der Waals surface area (Å²) in [5.41, 5.74) is 3.36. The van der Waals surface area contributed by atoms with Crippen LogP contribution >= 0.6 is 0 Å². The lowest BCUT2D eigenvalue weighted by atomic mass is 10.1. The predicted molar refractivity (Wildman–Crippen MR) is 90.3 cm³/mol. The number of oxazole rings is 1. The van der Waals surface area contributed by atoms with Crippen LogP contribution in [-0.4, -0.2) is 32.0 Å². The Morgan fingerprint density at radius 3 is 2.67 bits per heavy atom. The fourth-order valence-electron chi connectivity index (χ4n) is 2.51. The van der Waals surface area contributed by atoms with Crippen LogP contribution < -0.4 is 0 Å². The van der Waals surface area contributed by atoms with Gasteiger partial charge in [-0.1, -0.05) is 30.3 Å². The number of hydrogen-bond acceptors (Lipinski definition) is 4. The average molecular weight is 324 g/mol. The first-order chi connectivity index (χ1) is 11.6. The lowest BCUT2D eigenvalue weighted by molar-refractivity contribution is 0.0654. The number of nitrogens with one attached hydrogen (secondary N) is 1. The minimum atomic E-state index is -0.170. The molecule has 6 heteroatoms. The second kappa shape index (κ2) is 6.70. The second-order valence-corrected chi connectivity index (χ2v) is 5.94. The van der Waals surface area contributed by atoms with Crippen molar-refractivity contribution in [1.82, 2.24) is 20.1 Å². The van der Waals surface area contributed by atoms with Gasteiger partial charge in [0.25, 0.3) is 5.91 Å². The van der Waals surface area contributed by atoms with Crippen molar-refractivity contribution in [2.24, 2.45) is 0 Å². The summed E-state index contributed by atoms with van der Waals surface area (Å²) in [6, 6.07) is 11.9. The van der Waals surface area contributed by atoms with Crippen LogP contribution in [0, 0.1) is 6.92 Å². The number of aryl methyl sites for hydroxylation is 1. The zero-order valence-corrected chi connectivity index (χ0v) is 14.0. The van der Waals surface area contributed by atoms with Crippen LogP contribution in [-0.2, 0) is 6.54 Å².